The summed E-state index contributed by atoms with van der Waals surface area (Å²) in [5.74, 6) is 1.92. The van der Waals surface area contributed by atoms with Gasteiger partial charge in [0.05, 0.1) is 16.1 Å². The molecule has 3 rings (SSSR count). The van der Waals surface area contributed by atoms with Crippen molar-refractivity contribution < 1.29 is 9.29 Å². The van der Waals surface area contributed by atoms with E-state index in [0.29, 0.717) is 28.3 Å². The second kappa shape index (κ2) is 10.5. The van der Waals surface area contributed by atoms with Crippen LogP contribution in [0.15, 0.2) is 24.8 Å². The van der Waals surface area contributed by atoms with E-state index < -0.39 is 11.4 Å². The highest BCUT2D eigenvalue weighted by Gasteiger charge is 2.37. The van der Waals surface area contributed by atoms with Crippen molar-refractivity contribution >= 4 is 34.6 Å². The molecular formula is C23H34Cl2N2O2S. The van der Waals surface area contributed by atoms with Gasteiger partial charge in [0.1, 0.15) is 17.1 Å². The first-order chi connectivity index (χ1) is 14.2. The molecule has 1 aliphatic carbocycles. The number of benzene rings is 1. The fourth-order valence-corrected chi connectivity index (χ4v) is 5.13. The number of likely N-dealkylation sites (tertiary alicyclic amines) is 1. The van der Waals surface area contributed by atoms with Crippen LogP contribution in [0, 0.1) is 11.8 Å². The highest BCUT2D eigenvalue weighted by molar-refractivity contribution is 7.90. The van der Waals surface area contributed by atoms with Gasteiger partial charge in [-0.1, -0.05) is 35.9 Å². The van der Waals surface area contributed by atoms with E-state index in [1.165, 1.54) is 19.4 Å². The van der Waals surface area contributed by atoms with E-state index in [1.54, 1.807) is 12.1 Å². The molecule has 1 aromatic rings. The van der Waals surface area contributed by atoms with Crippen molar-refractivity contribution in [2.75, 3.05) is 26.2 Å². The molecule has 1 aromatic carbocycles. The molecule has 0 amide bonds. The Kier molecular flexibility index (Phi) is 8.44. The summed E-state index contributed by atoms with van der Waals surface area (Å²) in [6, 6.07) is 3.51. The van der Waals surface area contributed by atoms with Gasteiger partial charge >= 0.3 is 0 Å². The fourth-order valence-electron chi connectivity index (χ4n) is 3.90. The third-order valence-corrected chi connectivity index (χ3v) is 8.15. The van der Waals surface area contributed by atoms with Crippen molar-refractivity contribution in [1.82, 2.24) is 9.62 Å². The van der Waals surface area contributed by atoms with Gasteiger partial charge in [-0.25, -0.2) is 0 Å². The van der Waals surface area contributed by atoms with Gasteiger partial charge in [0.25, 0.3) is 0 Å². The smallest absolute Gasteiger partial charge is 0.136 e. The van der Waals surface area contributed by atoms with Gasteiger partial charge in [-0.2, -0.15) is 0 Å². The van der Waals surface area contributed by atoms with Crippen LogP contribution in [-0.4, -0.2) is 40.4 Å². The number of nitrogens with zero attached hydrogens (tertiary/aromatic N) is 1. The maximum absolute atomic E-state index is 13.1. The molecule has 4 nitrogen and oxygen atoms in total. The highest BCUT2D eigenvalue weighted by atomic mass is 35.5. The Hall–Kier alpha value is -0.430. The van der Waals surface area contributed by atoms with Crippen LogP contribution in [-0.2, 0) is 11.4 Å². The quantitative estimate of drug-likeness (QED) is 0.365. The number of ether oxygens (including phenoxy) is 1. The van der Waals surface area contributed by atoms with E-state index in [9.17, 15) is 4.55 Å². The highest BCUT2D eigenvalue weighted by Crippen LogP contribution is 2.41. The first-order valence-corrected chi connectivity index (χ1v) is 12.7. The summed E-state index contributed by atoms with van der Waals surface area (Å²) >= 11 is 11.5. The summed E-state index contributed by atoms with van der Waals surface area (Å²) in [4.78, 5) is 2.58. The number of hydrogen-bond donors (Lipinski definition) is 1. The molecule has 0 bridgehead atoms. The maximum atomic E-state index is 13.1. The number of nitrogens with one attached hydrogen (secondary N) is 1. The molecule has 2 aliphatic rings. The predicted molar refractivity (Wildman–Crippen MR) is 128 cm³/mol. The summed E-state index contributed by atoms with van der Waals surface area (Å²) in [6.45, 7) is 13.4. The number of halogens is 2. The van der Waals surface area contributed by atoms with Gasteiger partial charge in [-0.15, -0.1) is 4.72 Å². The molecule has 2 fully saturated rings. The lowest BCUT2D eigenvalue weighted by Crippen LogP contribution is -2.46. The van der Waals surface area contributed by atoms with Crippen LogP contribution in [0.1, 0.15) is 58.1 Å². The van der Waals surface area contributed by atoms with Crippen LogP contribution in [0.3, 0.4) is 0 Å². The summed E-state index contributed by atoms with van der Waals surface area (Å²) in [5, 5.41) is 0.937. The summed E-state index contributed by atoms with van der Waals surface area (Å²) in [6.07, 6.45) is 6.56. The van der Waals surface area contributed by atoms with Crippen LogP contribution in [0.4, 0.5) is 0 Å². The standard InChI is InChI=1S/C23H34Cl2N2O2S/c1-5-12-29-21-14-20(25)19(24)13-18(21)22(26-30(28)23(2,3)4)17-8-10-27(11-9-17)15-16-6-7-16/h5,13-14,16-17,22,26H,1,6-12,15H2,2-4H3. The maximum Gasteiger partial charge on any atom is 0.136 e. The summed E-state index contributed by atoms with van der Waals surface area (Å²) in [5.41, 5.74) is 0.921. The van der Waals surface area contributed by atoms with Crippen LogP contribution < -0.4 is 9.46 Å². The van der Waals surface area contributed by atoms with Crippen molar-refractivity contribution in [2.24, 2.45) is 11.8 Å². The Balaban J connectivity index is 1.85. The van der Waals surface area contributed by atoms with E-state index in [-0.39, 0.29) is 10.8 Å². The van der Waals surface area contributed by atoms with Crippen molar-refractivity contribution in [2.45, 2.75) is 57.2 Å². The first-order valence-electron chi connectivity index (χ1n) is 10.8. The largest absolute Gasteiger partial charge is 0.598 e. The topological polar surface area (TPSA) is 47.6 Å². The first kappa shape index (κ1) is 24.2. The Labute approximate surface area is 194 Å². The predicted octanol–water partition coefficient (Wildman–Crippen LogP) is 5.77. The lowest BCUT2D eigenvalue weighted by Gasteiger charge is -2.38. The second-order valence-corrected chi connectivity index (χ2v) is 12.3. The van der Waals surface area contributed by atoms with Gasteiger partial charge in [-0.3, -0.25) is 0 Å². The zero-order valence-electron chi connectivity index (χ0n) is 18.3. The average molecular weight is 474 g/mol. The second-order valence-electron chi connectivity index (χ2n) is 9.46. The van der Waals surface area contributed by atoms with Gasteiger partial charge in [0.15, 0.2) is 0 Å². The van der Waals surface area contributed by atoms with Crippen LogP contribution in [0.5, 0.6) is 5.75 Å². The van der Waals surface area contributed by atoms with Crippen LogP contribution >= 0.6 is 23.2 Å². The van der Waals surface area contributed by atoms with Crippen molar-refractivity contribution in [3.05, 3.63) is 40.4 Å². The van der Waals surface area contributed by atoms with Crippen LogP contribution in [0.25, 0.3) is 0 Å². The monoisotopic (exact) mass is 472 g/mol. The number of hydrogen-bond acceptors (Lipinski definition) is 4. The third kappa shape index (κ3) is 6.54. The van der Waals surface area contributed by atoms with Gasteiger partial charge in [0.2, 0.25) is 0 Å². The van der Waals surface area contributed by atoms with Crippen molar-refractivity contribution in [3.63, 3.8) is 0 Å². The normalized spacial score (nSPS) is 20.7. The van der Waals surface area contributed by atoms with Crippen molar-refractivity contribution in [3.8, 4) is 5.75 Å². The Morgan fingerprint density at radius 2 is 1.87 bits per heavy atom. The van der Waals surface area contributed by atoms with E-state index in [2.05, 4.69) is 16.2 Å². The zero-order chi connectivity index (χ0) is 21.9. The van der Waals surface area contributed by atoms with E-state index in [0.717, 1.165) is 37.4 Å². The molecule has 1 saturated carbocycles. The lowest BCUT2D eigenvalue weighted by molar-refractivity contribution is 0.158. The summed E-state index contributed by atoms with van der Waals surface area (Å²) < 4.78 is 22.0. The molecule has 1 aliphatic heterocycles. The molecule has 7 heteroatoms. The Bertz CT molecular complexity index is 729. The SMILES string of the molecule is C=CCOc1cc(Cl)c(Cl)cc1C(N[S+]([O-])C(C)(C)C)C1CCN(CC2CC2)CC1. The molecule has 0 spiro atoms. The number of piperidine rings is 1. The minimum Gasteiger partial charge on any atom is -0.598 e. The Morgan fingerprint density at radius 1 is 1.23 bits per heavy atom. The minimum atomic E-state index is -1.22. The van der Waals surface area contributed by atoms with E-state index in [1.807, 2.05) is 26.8 Å². The zero-order valence-corrected chi connectivity index (χ0v) is 20.6. The molecule has 0 aromatic heterocycles. The van der Waals surface area contributed by atoms with Gasteiger partial charge in [-0.05, 0) is 77.4 Å². The summed E-state index contributed by atoms with van der Waals surface area (Å²) in [7, 11) is 0. The fraction of sp³-hybridized carbons (Fsp3) is 0.652. The molecule has 1 N–H and O–H groups in total. The molecule has 1 saturated heterocycles. The van der Waals surface area contributed by atoms with Crippen molar-refractivity contribution in [1.29, 1.82) is 0 Å². The van der Waals surface area contributed by atoms with Gasteiger partial charge in [0, 0.05) is 29.5 Å². The minimum absolute atomic E-state index is 0.122. The van der Waals surface area contributed by atoms with E-state index in [4.69, 9.17) is 27.9 Å². The average Bonchev–Trinajstić information content (AvgIpc) is 3.50. The van der Waals surface area contributed by atoms with Gasteiger partial charge < -0.3 is 14.2 Å². The molecule has 0 radical (unpaired) electrons. The molecule has 1 heterocycles. The molecular weight excluding hydrogens is 439 g/mol. The molecule has 2 atom stereocenters. The number of rotatable bonds is 9. The van der Waals surface area contributed by atoms with Crippen LogP contribution in [0.2, 0.25) is 10.0 Å². The Morgan fingerprint density at radius 3 is 2.43 bits per heavy atom. The molecule has 2 unspecified atom stereocenters. The lowest BCUT2D eigenvalue weighted by atomic mass is 9.85. The molecule has 30 heavy (non-hydrogen) atoms. The molecule has 168 valence electrons. The van der Waals surface area contributed by atoms with E-state index >= 15 is 0 Å². The third-order valence-electron chi connectivity index (χ3n) is 5.85.